The molecule has 0 bridgehead atoms. The fraction of sp³-hybridized carbons (Fsp3) is 0.750. The van der Waals surface area contributed by atoms with Gasteiger partial charge >= 0.3 is 5.97 Å². The van der Waals surface area contributed by atoms with Crippen molar-refractivity contribution in [2.75, 3.05) is 13.2 Å². The van der Waals surface area contributed by atoms with E-state index >= 15 is 0 Å². The van der Waals surface area contributed by atoms with Gasteiger partial charge in [0.05, 0.1) is 0 Å². The van der Waals surface area contributed by atoms with Gasteiger partial charge in [0.1, 0.15) is 18.8 Å². The van der Waals surface area contributed by atoms with Crippen LogP contribution < -0.4 is 11.1 Å². The van der Waals surface area contributed by atoms with Crippen molar-refractivity contribution < 1.29 is 34.5 Å². The first-order valence-corrected chi connectivity index (χ1v) is 5.56. The van der Waals surface area contributed by atoms with Crippen LogP contribution in [0.2, 0.25) is 0 Å². The number of carbonyl (C=O) groups is 2. The van der Waals surface area contributed by atoms with Crippen molar-refractivity contribution in [3.63, 3.8) is 0 Å². The lowest BCUT2D eigenvalue weighted by atomic mass is 10.1. The van der Waals surface area contributed by atoms with Gasteiger partial charge in [0, 0.05) is 13.0 Å². The third-order valence-corrected chi connectivity index (χ3v) is 2.13. The molecule has 0 saturated heterocycles. The maximum Gasteiger partial charge on any atom is 0.320 e. The maximum absolute atomic E-state index is 11.3. The van der Waals surface area contributed by atoms with Gasteiger partial charge in [0.15, 0.2) is 0 Å². The molecule has 22 heavy (non-hydrogen) atoms. The molecule has 0 aromatic carbocycles. The zero-order valence-corrected chi connectivity index (χ0v) is 11.9. The van der Waals surface area contributed by atoms with Gasteiger partial charge in [-0.2, -0.15) is 0 Å². The zero-order valence-electron chi connectivity index (χ0n) is 11.1. The number of carboxylic acids is 1. The second-order valence-corrected chi connectivity index (χ2v) is 3.76. The number of hydrogen-bond acceptors (Lipinski definition) is 9. The molecule has 13 nitrogen and oxygen atoms in total. The Morgan fingerprint density at radius 2 is 1.86 bits per heavy atom. The van der Waals surface area contributed by atoms with Gasteiger partial charge in [-0.15, -0.1) is 32.6 Å². The van der Waals surface area contributed by atoms with Crippen molar-refractivity contribution in [1.82, 2.24) is 5.32 Å². The van der Waals surface area contributed by atoms with Crippen LogP contribution >= 0.6 is 12.4 Å². The summed E-state index contributed by atoms with van der Waals surface area (Å²) in [6.07, 6.45) is -1.73. The van der Waals surface area contributed by atoms with Crippen LogP contribution in [-0.2, 0) is 19.3 Å². The van der Waals surface area contributed by atoms with Crippen molar-refractivity contribution in [1.29, 1.82) is 0 Å². The van der Waals surface area contributed by atoms with Crippen molar-refractivity contribution >= 4 is 24.3 Å². The lowest BCUT2D eigenvalue weighted by Crippen LogP contribution is -2.39. The Morgan fingerprint density at radius 1 is 1.27 bits per heavy atom. The molecule has 128 valence electrons. The van der Waals surface area contributed by atoms with Gasteiger partial charge in [-0.1, -0.05) is 0 Å². The largest absolute Gasteiger partial charge is 0.480 e. The second kappa shape index (κ2) is 11.3. The van der Waals surface area contributed by atoms with Gasteiger partial charge in [0.25, 0.3) is 10.2 Å². The molecular formula is C8H15ClN4O9. The fourth-order valence-corrected chi connectivity index (χ4v) is 1.12. The first-order valence-electron chi connectivity index (χ1n) is 5.56. The van der Waals surface area contributed by atoms with Crippen LogP contribution in [0.1, 0.15) is 12.8 Å². The van der Waals surface area contributed by atoms with E-state index in [0.717, 1.165) is 0 Å². The first kappa shape index (κ1) is 21.9. The van der Waals surface area contributed by atoms with Gasteiger partial charge < -0.3 is 25.8 Å². The number of nitrogens with two attached hydrogens (primary N) is 1. The number of carboxylic acid groups (broad SMARTS) is 1. The highest BCUT2D eigenvalue weighted by molar-refractivity contribution is 5.85. The smallest absolute Gasteiger partial charge is 0.320 e. The quantitative estimate of drug-likeness (QED) is 0.292. The van der Waals surface area contributed by atoms with E-state index in [4.69, 9.17) is 10.8 Å². The summed E-state index contributed by atoms with van der Waals surface area (Å²) in [7, 11) is 0. The van der Waals surface area contributed by atoms with E-state index in [1.165, 1.54) is 0 Å². The lowest BCUT2D eigenvalue weighted by molar-refractivity contribution is -0.789. The summed E-state index contributed by atoms with van der Waals surface area (Å²) in [4.78, 5) is 49.9. The minimum atomic E-state index is -1.37. The minimum absolute atomic E-state index is 0. The number of nitrogens with one attached hydrogen (secondary N) is 1. The summed E-state index contributed by atoms with van der Waals surface area (Å²) in [5, 5.41) is 28.5. The Morgan fingerprint density at radius 3 is 2.32 bits per heavy atom. The number of amides is 1. The summed E-state index contributed by atoms with van der Waals surface area (Å²) in [6, 6.07) is -1.21. The third kappa shape index (κ3) is 11.4. The highest BCUT2D eigenvalue weighted by Crippen LogP contribution is 1.97. The molecule has 0 heterocycles. The van der Waals surface area contributed by atoms with Gasteiger partial charge in [0.2, 0.25) is 5.91 Å². The van der Waals surface area contributed by atoms with E-state index in [9.17, 15) is 29.8 Å². The zero-order chi connectivity index (χ0) is 16.4. The molecule has 0 aromatic heterocycles. The van der Waals surface area contributed by atoms with Crippen LogP contribution in [0, 0.1) is 20.2 Å². The normalized spacial score (nSPS) is 12.2. The standard InChI is InChI=1S/C8H14N4O9.ClH/c9-6(8(14)15)1-2-7(13)10-3-5(21-12(18)19)4-20-11(16)17;/h5-6H,1-4,9H2,(H,10,13)(H,14,15);1H/t5-,6-;/m0./s1. The van der Waals surface area contributed by atoms with Crippen molar-refractivity contribution in [3.8, 4) is 0 Å². The summed E-state index contributed by atoms with van der Waals surface area (Å²) >= 11 is 0. The Kier molecular flexibility index (Phi) is 11.2. The predicted molar refractivity (Wildman–Crippen MR) is 69.9 cm³/mol. The van der Waals surface area contributed by atoms with E-state index in [-0.39, 0.29) is 25.2 Å². The molecule has 0 rings (SSSR count). The Hall–Kier alpha value is -2.41. The van der Waals surface area contributed by atoms with Crippen molar-refractivity contribution in [3.05, 3.63) is 20.2 Å². The third-order valence-electron chi connectivity index (χ3n) is 2.13. The molecule has 0 spiro atoms. The first-order chi connectivity index (χ1) is 9.72. The number of hydrogen-bond donors (Lipinski definition) is 3. The maximum atomic E-state index is 11.3. The molecule has 0 aliphatic carbocycles. The Labute approximate surface area is 129 Å². The molecule has 4 N–H and O–H groups in total. The molecule has 0 aliphatic rings. The molecule has 14 heteroatoms. The SMILES string of the molecule is Cl.N[C@@H](CCC(=O)NC[C@@H](CO[N+](=O)[O-])O[N+](=O)[O-])C(=O)O. The van der Waals surface area contributed by atoms with Crippen LogP contribution in [0.25, 0.3) is 0 Å². The number of nitrogens with zero attached hydrogens (tertiary/aromatic N) is 2. The summed E-state index contributed by atoms with van der Waals surface area (Å²) in [5.41, 5.74) is 5.18. The van der Waals surface area contributed by atoms with E-state index in [1.807, 2.05) is 0 Å². The van der Waals surface area contributed by atoms with E-state index in [2.05, 4.69) is 15.0 Å². The van der Waals surface area contributed by atoms with Crippen LogP contribution in [0.5, 0.6) is 0 Å². The van der Waals surface area contributed by atoms with Crippen molar-refractivity contribution in [2.24, 2.45) is 5.73 Å². The molecule has 0 radical (unpaired) electrons. The van der Waals surface area contributed by atoms with Crippen LogP contribution in [0.3, 0.4) is 0 Å². The Bertz CT molecular complexity index is 407. The fourth-order valence-electron chi connectivity index (χ4n) is 1.12. The molecular weight excluding hydrogens is 332 g/mol. The minimum Gasteiger partial charge on any atom is -0.480 e. The molecule has 1 amide bonds. The average molecular weight is 347 g/mol. The van der Waals surface area contributed by atoms with E-state index in [1.54, 1.807) is 0 Å². The number of aliphatic carboxylic acids is 1. The summed E-state index contributed by atoms with van der Waals surface area (Å²) < 4.78 is 0. The molecule has 0 aliphatic heterocycles. The monoisotopic (exact) mass is 346 g/mol. The van der Waals surface area contributed by atoms with Crippen LogP contribution in [0.15, 0.2) is 0 Å². The molecule has 0 aromatic rings. The van der Waals surface area contributed by atoms with Crippen LogP contribution in [-0.4, -0.2) is 52.5 Å². The highest BCUT2D eigenvalue weighted by Gasteiger charge is 2.18. The Balaban J connectivity index is 0. The topological polar surface area (TPSA) is 197 Å². The molecule has 0 unspecified atom stereocenters. The van der Waals surface area contributed by atoms with Gasteiger partial charge in [-0.05, 0) is 6.42 Å². The summed E-state index contributed by atoms with van der Waals surface area (Å²) in [6.45, 7) is -1.17. The number of halogens is 1. The van der Waals surface area contributed by atoms with Crippen molar-refractivity contribution in [2.45, 2.75) is 25.0 Å². The van der Waals surface area contributed by atoms with Crippen LogP contribution in [0.4, 0.5) is 0 Å². The molecule has 0 saturated carbocycles. The van der Waals surface area contributed by atoms with E-state index in [0.29, 0.717) is 0 Å². The van der Waals surface area contributed by atoms with E-state index < -0.39 is 47.3 Å². The predicted octanol–water partition coefficient (Wildman–Crippen LogP) is -1.50. The average Bonchev–Trinajstić information content (AvgIpc) is 2.38. The lowest BCUT2D eigenvalue weighted by Gasteiger charge is -2.14. The molecule has 2 atom stereocenters. The van der Waals surface area contributed by atoms with Gasteiger partial charge in [-0.25, -0.2) is 0 Å². The number of rotatable bonds is 11. The second-order valence-electron chi connectivity index (χ2n) is 3.76. The van der Waals surface area contributed by atoms with Gasteiger partial charge in [-0.3, -0.25) is 9.59 Å². The number of carbonyl (C=O) groups excluding carboxylic acids is 1. The summed E-state index contributed by atoms with van der Waals surface area (Å²) in [5.74, 6) is -1.90. The molecule has 0 fully saturated rings. The highest BCUT2D eigenvalue weighted by atomic mass is 35.5.